The highest BCUT2D eigenvalue weighted by molar-refractivity contribution is 6.42. The van der Waals surface area contributed by atoms with E-state index in [0.29, 0.717) is 15.6 Å². The normalized spacial score (nSPS) is 15.2. The third-order valence-electron chi connectivity index (χ3n) is 1.81. The second-order valence-electron chi connectivity index (χ2n) is 2.84. The summed E-state index contributed by atoms with van der Waals surface area (Å²) in [5.41, 5.74) is 0.493. The van der Waals surface area contributed by atoms with Crippen LogP contribution in [0.2, 0.25) is 10.0 Å². The highest BCUT2D eigenvalue weighted by Gasteiger charge is 2.17. The number of aliphatic hydroxyl groups excluding tert-OH is 2. The minimum Gasteiger partial charge on any atom is -0.389 e. The van der Waals surface area contributed by atoms with Crippen molar-refractivity contribution in [1.29, 1.82) is 0 Å². The Kier molecular flexibility index (Phi) is 4.48. The predicted octanol–water partition coefficient (Wildman–Crippen LogP) is 2.63. The fourth-order valence-electron chi connectivity index (χ4n) is 1.00. The Morgan fingerprint density at radius 2 is 1.79 bits per heavy atom. The molecule has 1 rings (SSSR count). The molecular weight excluding hydrogens is 246 g/mol. The molecule has 0 saturated heterocycles. The Labute approximate surface area is 97.0 Å². The average Bonchev–Trinajstić information content (AvgIpc) is 2.20. The molecule has 2 nitrogen and oxygen atoms in total. The summed E-state index contributed by atoms with van der Waals surface area (Å²) >= 11 is 16.8. The van der Waals surface area contributed by atoms with Crippen molar-refractivity contribution >= 4 is 34.8 Å². The molecule has 0 saturated carbocycles. The van der Waals surface area contributed by atoms with Crippen molar-refractivity contribution in [2.24, 2.45) is 0 Å². The lowest BCUT2D eigenvalue weighted by atomic mass is 10.1. The Morgan fingerprint density at radius 3 is 2.29 bits per heavy atom. The lowest BCUT2D eigenvalue weighted by Gasteiger charge is -2.15. The number of halogens is 3. The highest BCUT2D eigenvalue weighted by Crippen LogP contribution is 2.27. The number of hydrogen-bond acceptors (Lipinski definition) is 2. The van der Waals surface area contributed by atoms with Crippen LogP contribution in [0.4, 0.5) is 0 Å². The number of alkyl halides is 1. The van der Waals surface area contributed by atoms with Crippen LogP contribution in [0.1, 0.15) is 11.7 Å². The van der Waals surface area contributed by atoms with Crippen LogP contribution in [-0.2, 0) is 0 Å². The molecule has 1 aromatic carbocycles. The fourth-order valence-corrected chi connectivity index (χ4v) is 1.48. The molecule has 0 aliphatic rings. The van der Waals surface area contributed by atoms with Crippen LogP contribution in [0.5, 0.6) is 0 Å². The summed E-state index contributed by atoms with van der Waals surface area (Å²) < 4.78 is 0. The maximum atomic E-state index is 9.57. The van der Waals surface area contributed by atoms with E-state index in [4.69, 9.17) is 34.8 Å². The van der Waals surface area contributed by atoms with E-state index in [0.717, 1.165) is 0 Å². The van der Waals surface area contributed by atoms with E-state index >= 15 is 0 Å². The molecular formula is C9H9Cl3O2. The molecule has 2 unspecified atom stereocenters. The third kappa shape index (κ3) is 2.75. The minimum atomic E-state index is -1.04. The van der Waals surface area contributed by atoms with Gasteiger partial charge in [-0.1, -0.05) is 29.3 Å². The van der Waals surface area contributed by atoms with Gasteiger partial charge in [-0.2, -0.15) is 0 Å². The number of rotatable bonds is 3. The van der Waals surface area contributed by atoms with Crippen molar-refractivity contribution in [3.05, 3.63) is 33.8 Å². The van der Waals surface area contributed by atoms with Gasteiger partial charge in [-0.05, 0) is 17.7 Å². The maximum Gasteiger partial charge on any atom is 0.106 e. The summed E-state index contributed by atoms with van der Waals surface area (Å²) in [5.74, 6) is -0.0403. The lowest BCUT2D eigenvalue weighted by Crippen LogP contribution is -2.19. The van der Waals surface area contributed by atoms with Crippen molar-refractivity contribution in [3.63, 3.8) is 0 Å². The molecule has 5 heteroatoms. The minimum absolute atomic E-state index is 0.0403. The second-order valence-corrected chi connectivity index (χ2v) is 3.96. The van der Waals surface area contributed by atoms with Gasteiger partial charge in [0.25, 0.3) is 0 Å². The van der Waals surface area contributed by atoms with E-state index in [9.17, 15) is 10.2 Å². The monoisotopic (exact) mass is 254 g/mol. The summed E-state index contributed by atoms with van der Waals surface area (Å²) in [6.45, 7) is 0. The molecule has 0 aliphatic heterocycles. The molecule has 14 heavy (non-hydrogen) atoms. The Morgan fingerprint density at radius 1 is 1.14 bits per heavy atom. The number of aliphatic hydroxyl groups is 2. The highest BCUT2D eigenvalue weighted by atomic mass is 35.5. The summed E-state index contributed by atoms with van der Waals surface area (Å²) in [7, 11) is 0. The van der Waals surface area contributed by atoms with E-state index in [-0.39, 0.29) is 5.88 Å². The fraction of sp³-hybridized carbons (Fsp3) is 0.333. The van der Waals surface area contributed by atoms with E-state index in [2.05, 4.69) is 0 Å². The molecule has 0 spiro atoms. The first-order chi connectivity index (χ1) is 6.56. The van der Waals surface area contributed by atoms with Gasteiger partial charge in [0.1, 0.15) is 6.10 Å². The molecule has 2 N–H and O–H groups in total. The van der Waals surface area contributed by atoms with Crippen LogP contribution in [0.25, 0.3) is 0 Å². The van der Waals surface area contributed by atoms with Gasteiger partial charge in [0.15, 0.2) is 0 Å². The first-order valence-electron chi connectivity index (χ1n) is 3.93. The maximum absolute atomic E-state index is 9.57. The van der Waals surface area contributed by atoms with Crippen LogP contribution < -0.4 is 0 Å². The molecule has 0 heterocycles. The number of benzene rings is 1. The van der Waals surface area contributed by atoms with E-state index in [1.165, 1.54) is 6.07 Å². The largest absolute Gasteiger partial charge is 0.389 e. The molecule has 78 valence electrons. The first-order valence-corrected chi connectivity index (χ1v) is 5.22. The van der Waals surface area contributed by atoms with Crippen molar-refractivity contribution < 1.29 is 10.2 Å². The summed E-state index contributed by atoms with van der Waals surface area (Å²) in [5, 5.41) is 19.6. The van der Waals surface area contributed by atoms with Gasteiger partial charge in [0, 0.05) is 0 Å². The molecule has 0 fully saturated rings. The van der Waals surface area contributed by atoms with Crippen molar-refractivity contribution in [3.8, 4) is 0 Å². The average molecular weight is 256 g/mol. The molecule has 0 radical (unpaired) electrons. The van der Waals surface area contributed by atoms with Gasteiger partial charge in [0.05, 0.1) is 22.0 Å². The van der Waals surface area contributed by atoms with Crippen molar-refractivity contribution in [1.82, 2.24) is 0 Å². The predicted molar refractivity (Wildman–Crippen MR) is 58.1 cm³/mol. The zero-order chi connectivity index (χ0) is 10.7. The van der Waals surface area contributed by atoms with E-state index in [1.54, 1.807) is 12.1 Å². The quantitative estimate of drug-likeness (QED) is 0.815. The SMILES string of the molecule is OC(CCl)C(O)c1ccc(Cl)c(Cl)c1. The molecule has 2 atom stereocenters. The Bertz CT molecular complexity index is 317. The van der Waals surface area contributed by atoms with Crippen LogP contribution >= 0.6 is 34.8 Å². The van der Waals surface area contributed by atoms with E-state index < -0.39 is 12.2 Å². The van der Waals surface area contributed by atoms with Crippen molar-refractivity contribution in [2.45, 2.75) is 12.2 Å². The van der Waals surface area contributed by atoms with Gasteiger partial charge in [-0.15, -0.1) is 11.6 Å². The lowest BCUT2D eigenvalue weighted by molar-refractivity contribution is 0.0327. The van der Waals surface area contributed by atoms with Gasteiger partial charge in [-0.25, -0.2) is 0 Å². The summed E-state index contributed by atoms with van der Waals surface area (Å²) in [6.07, 6.45) is -2.05. The molecule has 0 aliphatic carbocycles. The van der Waals surface area contributed by atoms with Crippen LogP contribution in [0, 0.1) is 0 Å². The van der Waals surface area contributed by atoms with Crippen LogP contribution in [0.15, 0.2) is 18.2 Å². The molecule has 0 bridgehead atoms. The number of hydrogen-bond donors (Lipinski definition) is 2. The van der Waals surface area contributed by atoms with Gasteiger partial charge in [-0.3, -0.25) is 0 Å². The molecule has 0 aromatic heterocycles. The molecule has 1 aromatic rings. The van der Waals surface area contributed by atoms with Crippen LogP contribution in [0.3, 0.4) is 0 Å². The van der Waals surface area contributed by atoms with Gasteiger partial charge >= 0.3 is 0 Å². The summed E-state index contributed by atoms with van der Waals surface area (Å²) in [6, 6.07) is 4.66. The van der Waals surface area contributed by atoms with Crippen LogP contribution in [-0.4, -0.2) is 22.2 Å². The standard InChI is InChI=1S/C9H9Cl3O2/c10-4-8(13)9(14)5-1-2-6(11)7(12)3-5/h1-3,8-9,13-14H,4H2. The van der Waals surface area contributed by atoms with Crippen molar-refractivity contribution in [2.75, 3.05) is 5.88 Å². The third-order valence-corrected chi connectivity index (χ3v) is 2.86. The van der Waals surface area contributed by atoms with Gasteiger partial charge in [0.2, 0.25) is 0 Å². The summed E-state index contributed by atoms with van der Waals surface area (Å²) in [4.78, 5) is 0. The zero-order valence-electron chi connectivity index (χ0n) is 7.12. The Hall–Kier alpha value is 0.01000. The van der Waals surface area contributed by atoms with Gasteiger partial charge < -0.3 is 10.2 Å². The first kappa shape index (κ1) is 12.1. The molecule has 0 amide bonds. The Balaban J connectivity index is 2.91. The van der Waals surface area contributed by atoms with E-state index in [1.807, 2.05) is 0 Å². The second kappa shape index (κ2) is 5.19. The zero-order valence-corrected chi connectivity index (χ0v) is 9.39. The smallest absolute Gasteiger partial charge is 0.106 e. The topological polar surface area (TPSA) is 40.5 Å².